The standard InChI is InChI=1S/C15H24BrN3O/c1-3-5-17-9-12-8-13(16)10-18-15(12)19-6-7-20-11-14(19)4-2/h8,10,14,17H,3-7,9,11H2,1-2H3. The van der Waals surface area contributed by atoms with Crippen molar-refractivity contribution >= 4 is 21.7 Å². The van der Waals surface area contributed by atoms with Gasteiger partial charge in [-0.2, -0.15) is 0 Å². The zero-order valence-corrected chi connectivity index (χ0v) is 13.9. The molecular formula is C15H24BrN3O. The highest BCUT2D eigenvalue weighted by molar-refractivity contribution is 9.10. The lowest BCUT2D eigenvalue weighted by molar-refractivity contribution is 0.0924. The van der Waals surface area contributed by atoms with Gasteiger partial charge in [-0.05, 0) is 41.4 Å². The number of morpholine rings is 1. The lowest BCUT2D eigenvalue weighted by atomic mass is 10.1. The molecule has 1 atom stereocenters. The predicted molar refractivity (Wildman–Crippen MR) is 86.2 cm³/mol. The zero-order chi connectivity index (χ0) is 14.4. The van der Waals surface area contributed by atoms with Crippen LogP contribution in [-0.4, -0.2) is 37.3 Å². The van der Waals surface area contributed by atoms with Gasteiger partial charge in [0.1, 0.15) is 5.82 Å². The number of rotatable bonds is 6. The van der Waals surface area contributed by atoms with E-state index in [1.807, 2.05) is 6.20 Å². The summed E-state index contributed by atoms with van der Waals surface area (Å²) in [5, 5.41) is 3.47. The van der Waals surface area contributed by atoms with E-state index >= 15 is 0 Å². The molecule has 5 heteroatoms. The largest absolute Gasteiger partial charge is 0.377 e. The van der Waals surface area contributed by atoms with Crippen LogP contribution in [0.5, 0.6) is 0 Å². The first-order valence-electron chi connectivity index (χ1n) is 7.45. The Labute approximate surface area is 130 Å². The van der Waals surface area contributed by atoms with Gasteiger partial charge in [-0.3, -0.25) is 0 Å². The van der Waals surface area contributed by atoms with Crippen molar-refractivity contribution in [3.05, 3.63) is 22.3 Å². The Bertz CT molecular complexity index is 428. The molecule has 1 aromatic heterocycles. The molecule has 0 aliphatic carbocycles. The SMILES string of the molecule is CCCNCc1cc(Br)cnc1N1CCOCC1CC. The molecule has 0 spiro atoms. The quantitative estimate of drug-likeness (QED) is 0.807. The second-order valence-corrected chi connectivity index (χ2v) is 6.06. The van der Waals surface area contributed by atoms with E-state index in [1.165, 1.54) is 5.56 Å². The lowest BCUT2D eigenvalue weighted by Crippen LogP contribution is -2.46. The van der Waals surface area contributed by atoms with Gasteiger partial charge in [0.25, 0.3) is 0 Å². The summed E-state index contributed by atoms with van der Waals surface area (Å²) in [7, 11) is 0. The molecule has 0 bridgehead atoms. The Kier molecular flexibility index (Phi) is 6.26. The van der Waals surface area contributed by atoms with E-state index in [-0.39, 0.29) is 0 Å². The molecule has 1 unspecified atom stereocenters. The number of aromatic nitrogens is 1. The van der Waals surface area contributed by atoms with E-state index in [4.69, 9.17) is 4.74 Å². The molecule has 1 saturated heterocycles. The fraction of sp³-hybridized carbons (Fsp3) is 0.667. The van der Waals surface area contributed by atoms with E-state index in [9.17, 15) is 0 Å². The van der Waals surface area contributed by atoms with Crippen molar-refractivity contribution in [2.24, 2.45) is 0 Å². The van der Waals surface area contributed by atoms with Crippen LogP contribution in [0, 0.1) is 0 Å². The van der Waals surface area contributed by atoms with Crippen molar-refractivity contribution in [2.75, 3.05) is 31.2 Å². The summed E-state index contributed by atoms with van der Waals surface area (Å²) in [6, 6.07) is 2.61. The van der Waals surface area contributed by atoms with Crippen LogP contribution in [0.2, 0.25) is 0 Å². The molecule has 1 fully saturated rings. The van der Waals surface area contributed by atoms with E-state index in [0.29, 0.717) is 6.04 Å². The summed E-state index contributed by atoms with van der Waals surface area (Å²) in [5.41, 5.74) is 1.26. The van der Waals surface area contributed by atoms with Crippen molar-refractivity contribution in [1.82, 2.24) is 10.3 Å². The molecule has 0 amide bonds. The van der Waals surface area contributed by atoms with Gasteiger partial charge in [0.2, 0.25) is 0 Å². The van der Waals surface area contributed by atoms with Crippen LogP contribution >= 0.6 is 15.9 Å². The third kappa shape index (κ3) is 3.93. The van der Waals surface area contributed by atoms with Gasteiger partial charge in [-0.1, -0.05) is 13.8 Å². The monoisotopic (exact) mass is 341 g/mol. The van der Waals surface area contributed by atoms with E-state index in [2.05, 4.69) is 51.0 Å². The highest BCUT2D eigenvalue weighted by Gasteiger charge is 2.24. The molecule has 0 radical (unpaired) electrons. The number of hydrogen-bond acceptors (Lipinski definition) is 4. The molecule has 112 valence electrons. The molecule has 1 aromatic rings. The van der Waals surface area contributed by atoms with Gasteiger partial charge >= 0.3 is 0 Å². The average molecular weight is 342 g/mol. The highest BCUT2D eigenvalue weighted by Crippen LogP contribution is 2.25. The topological polar surface area (TPSA) is 37.4 Å². The van der Waals surface area contributed by atoms with Crippen LogP contribution in [0.25, 0.3) is 0 Å². The minimum Gasteiger partial charge on any atom is -0.377 e. The lowest BCUT2D eigenvalue weighted by Gasteiger charge is -2.37. The van der Waals surface area contributed by atoms with E-state index in [0.717, 1.165) is 56.0 Å². The molecule has 0 aromatic carbocycles. The summed E-state index contributed by atoms with van der Waals surface area (Å²) >= 11 is 3.53. The molecule has 4 nitrogen and oxygen atoms in total. The van der Waals surface area contributed by atoms with Gasteiger partial charge in [-0.15, -0.1) is 0 Å². The van der Waals surface area contributed by atoms with Crippen LogP contribution in [0.3, 0.4) is 0 Å². The fourth-order valence-corrected chi connectivity index (χ4v) is 2.91. The maximum Gasteiger partial charge on any atom is 0.133 e. The minimum atomic E-state index is 0.433. The van der Waals surface area contributed by atoms with Gasteiger partial charge in [0.05, 0.1) is 19.3 Å². The van der Waals surface area contributed by atoms with Crippen molar-refractivity contribution < 1.29 is 4.74 Å². The Balaban J connectivity index is 2.19. The van der Waals surface area contributed by atoms with Gasteiger partial charge in [-0.25, -0.2) is 4.98 Å². The summed E-state index contributed by atoms with van der Waals surface area (Å²) in [4.78, 5) is 7.06. The van der Waals surface area contributed by atoms with Crippen molar-refractivity contribution in [1.29, 1.82) is 0 Å². The molecule has 0 saturated carbocycles. The third-order valence-corrected chi connectivity index (χ3v) is 4.06. The fourth-order valence-electron chi connectivity index (χ4n) is 2.53. The molecule has 20 heavy (non-hydrogen) atoms. The zero-order valence-electron chi connectivity index (χ0n) is 12.4. The molecule has 2 rings (SSSR count). The van der Waals surface area contributed by atoms with Crippen molar-refractivity contribution in [3.63, 3.8) is 0 Å². The number of hydrogen-bond donors (Lipinski definition) is 1. The Morgan fingerprint density at radius 3 is 3.10 bits per heavy atom. The van der Waals surface area contributed by atoms with E-state index in [1.54, 1.807) is 0 Å². The summed E-state index contributed by atoms with van der Waals surface area (Å²) < 4.78 is 6.63. The second-order valence-electron chi connectivity index (χ2n) is 5.14. The maximum atomic E-state index is 5.59. The van der Waals surface area contributed by atoms with Crippen LogP contribution in [0.1, 0.15) is 32.3 Å². The Morgan fingerprint density at radius 2 is 2.35 bits per heavy atom. The molecule has 1 N–H and O–H groups in total. The van der Waals surface area contributed by atoms with Crippen LogP contribution < -0.4 is 10.2 Å². The molecule has 1 aliphatic rings. The second kappa shape index (κ2) is 7.96. The average Bonchev–Trinajstić information content (AvgIpc) is 2.48. The maximum absolute atomic E-state index is 5.59. The third-order valence-electron chi connectivity index (χ3n) is 3.62. The van der Waals surface area contributed by atoms with E-state index < -0.39 is 0 Å². The van der Waals surface area contributed by atoms with Crippen molar-refractivity contribution in [2.45, 2.75) is 39.3 Å². The molecule has 1 aliphatic heterocycles. The van der Waals surface area contributed by atoms with Crippen LogP contribution in [0.4, 0.5) is 5.82 Å². The number of nitrogens with one attached hydrogen (secondary N) is 1. The number of anilines is 1. The summed E-state index contributed by atoms with van der Waals surface area (Å²) in [6.07, 6.45) is 4.12. The Hall–Kier alpha value is -0.650. The first-order chi connectivity index (χ1) is 9.76. The summed E-state index contributed by atoms with van der Waals surface area (Å²) in [6.45, 7) is 8.80. The highest BCUT2D eigenvalue weighted by atomic mass is 79.9. The van der Waals surface area contributed by atoms with Crippen LogP contribution in [0.15, 0.2) is 16.7 Å². The molecular weight excluding hydrogens is 318 g/mol. The summed E-state index contributed by atoms with van der Waals surface area (Å²) in [5.74, 6) is 1.10. The van der Waals surface area contributed by atoms with Gasteiger partial charge in [0.15, 0.2) is 0 Å². The van der Waals surface area contributed by atoms with Crippen molar-refractivity contribution in [3.8, 4) is 0 Å². The predicted octanol–water partition coefficient (Wildman–Crippen LogP) is 2.96. The molecule has 2 heterocycles. The number of nitrogens with zero attached hydrogens (tertiary/aromatic N) is 2. The van der Waals surface area contributed by atoms with Crippen LogP contribution in [-0.2, 0) is 11.3 Å². The smallest absolute Gasteiger partial charge is 0.133 e. The number of ether oxygens (including phenoxy) is 1. The number of pyridine rings is 1. The normalized spacial score (nSPS) is 19.4. The first kappa shape index (κ1) is 15.7. The first-order valence-corrected chi connectivity index (χ1v) is 8.25. The minimum absolute atomic E-state index is 0.433. The van der Waals surface area contributed by atoms with Gasteiger partial charge < -0.3 is 15.0 Å². The number of halogens is 1. The Morgan fingerprint density at radius 1 is 1.50 bits per heavy atom. The van der Waals surface area contributed by atoms with Gasteiger partial charge in [0, 0.05) is 29.3 Å².